The second kappa shape index (κ2) is 13.7. The monoisotopic (exact) mass is 588 g/mol. The molecule has 0 unspecified atom stereocenters. The van der Waals surface area contributed by atoms with E-state index in [4.69, 9.17) is 24.4 Å². The molecule has 1 aromatic carbocycles. The maximum atomic E-state index is 13.4. The van der Waals surface area contributed by atoms with E-state index in [2.05, 4.69) is 24.7 Å². The van der Waals surface area contributed by atoms with Crippen molar-refractivity contribution in [3.05, 3.63) is 72.2 Å². The quantitative estimate of drug-likeness (QED) is 0.158. The Hall–Kier alpha value is -3.78. The molecule has 0 bridgehead atoms. The molecule has 0 aliphatic heterocycles. The summed E-state index contributed by atoms with van der Waals surface area (Å²) in [4.78, 5) is 17.2. The van der Waals surface area contributed by atoms with Gasteiger partial charge in [0.25, 0.3) is 15.9 Å². The molecule has 0 saturated heterocycles. The average Bonchev–Trinajstić information content (AvgIpc) is 2.97. The second-order valence-corrected chi connectivity index (χ2v) is 10.3. The Morgan fingerprint density at radius 3 is 2.29 bits per heavy atom. The zero-order valence-corrected chi connectivity index (χ0v) is 23.3. The molecule has 210 valence electrons. The van der Waals surface area contributed by atoms with Crippen LogP contribution in [0, 0.1) is 5.41 Å². The van der Waals surface area contributed by atoms with Crippen molar-refractivity contribution in [1.29, 1.82) is 5.41 Å². The van der Waals surface area contributed by atoms with Crippen molar-refractivity contribution < 1.29 is 27.4 Å². The van der Waals surface area contributed by atoms with E-state index >= 15 is 0 Å². The van der Waals surface area contributed by atoms with Crippen molar-refractivity contribution >= 4 is 51.3 Å². The first kappa shape index (κ1) is 31.7. The van der Waals surface area contributed by atoms with Crippen LogP contribution in [-0.2, 0) is 14.8 Å². The van der Waals surface area contributed by atoms with Crippen LogP contribution in [0.25, 0.3) is 11.4 Å². The summed E-state index contributed by atoms with van der Waals surface area (Å²) in [6.45, 7) is 3.97. The Labute approximate surface area is 260 Å². The summed E-state index contributed by atoms with van der Waals surface area (Å²) in [7, 11) is -0.0192. The number of rotatable bonds is 10. The van der Waals surface area contributed by atoms with E-state index in [0.717, 1.165) is 5.56 Å². The number of nitrogens with zero attached hydrogens (tertiary/aromatic N) is 4. The zero-order valence-electron chi connectivity index (χ0n) is 22.5. The Bertz CT molecular complexity index is 1630. The van der Waals surface area contributed by atoms with Crippen molar-refractivity contribution in [1.82, 2.24) is 19.9 Å². The van der Waals surface area contributed by atoms with Crippen LogP contribution in [0.4, 0.5) is 5.82 Å². The molecular weight excluding hydrogens is 559 g/mol. The fraction of sp³-hybridized carbons (Fsp3) is 0.222. The fourth-order valence-electron chi connectivity index (χ4n) is 3.54. The predicted octanol–water partition coefficient (Wildman–Crippen LogP) is 3.99. The van der Waals surface area contributed by atoms with Crippen molar-refractivity contribution in [2.75, 3.05) is 26.1 Å². The molecule has 3 heterocycles. The Balaban J connectivity index is 0.00000462. The molecule has 0 fully saturated rings. The number of ether oxygens (including phenoxy) is 4. The molecule has 0 atom stereocenters. The van der Waals surface area contributed by atoms with Gasteiger partial charge in [-0.15, -0.1) is 0 Å². The van der Waals surface area contributed by atoms with Gasteiger partial charge in [0.1, 0.15) is 5.69 Å². The summed E-state index contributed by atoms with van der Waals surface area (Å²) in [5.41, 5.74) is 1.54. The predicted molar refractivity (Wildman–Crippen MR) is 155 cm³/mol. The van der Waals surface area contributed by atoms with Crippen LogP contribution in [0.15, 0.2) is 66.0 Å². The summed E-state index contributed by atoms with van der Waals surface area (Å²) < 4.78 is 51.2. The van der Waals surface area contributed by atoms with Crippen molar-refractivity contribution in [3.8, 4) is 34.5 Å². The van der Waals surface area contributed by atoms with Crippen LogP contribution < -0.4 is 18.9 Å². The van der Waals surface area contributed by atoms with E-state index in [1.165, 1.54) is 45.9 Å². The number of hydrogen-bond donors (Lipinski definition) is 2. The molecule has 4 rings (SSSR count). The van der Waals surface area contributed by atoms with Gasteiger partial charge in [-0.25, -0.2) is 9.97 Å². The molecule has 14 heteroatoms. The van der Waals surface area contributed by atoms with Gasteiger partial charge in [-0.1, -0.05) is 32.0 Å². The Morgan fingerprint density at radius 2 is 1.68 bits per heavy atom. The van der Waals surface area contributed by atoms with E-state index in [-0.39, 0.29) is 81.1 Å². The van der Waals surface area contributed by atoms with Crippen LogP contribution in [0.3, 0.4) is 0 Å². The van der Waals surface area contributed by atoms with Gasteiger partial charge in [0.05, 0.1) is 21.3 Å². The molecule has 2 N–H and O–H groups in total. The number of methoxy groups -OCH3 is 3. The first-order valence-electron chi connectivity index (χ1n) is 12.0. The van der Waals surface area contributed by atoms with E-state index in [9.17, 15) is 8.42 Å². The standard InChI is InChI=1S/C27H28N6O6S.Na.H/c1-16(2)18-10-11-22(30-15-18)40(34,35)33-26-23(39-21-9-7-6-8-20(21)36-3)27(38-5)32-25(31-26)17-12-13-29-19(14-17)24(28)37-4;;/h6-16,28H,1-5H3,(H,31,32,33);;. The first-order chi connectivity index (χ1) is 19.2. The normalized spacial score (nSPS) is 10.9. The average molecular weight is 589 g/mol. The van der Waals surface area contributed by atoms with E-state index in [0.29, 0.717) is 11.3 Å². The van der Waals surface area contributed by atoms with Crippen LogP contribution >= 0.6 is 0 Å². The number of aromatic nitrogens is 4. The molecule has 0 aliphatic rings. The van der Waals surface area contributed by atoms with Gasteiger partial charge < -0.3 is 18.9 Å². The van der Waals surface area contributed by atoms with Crippen molar-refractivity contribution in [2.45, 2.75) is 24.8 Å². The third-order valence-electron chi connectivity index (χ3n) is 5.70. The van der Waals surface area contributed by atoms with E-state index < -0.39 is 10.0 Å². The van der Waals surface area contributed by atoms with Gasteiger partial charge in [-0.2, -0.15) is 13.4 Å². The van der Waals surface area contributed by atoms with E-state index in [1.54, 1.807) is 36.4 Å². The zero-order chi connectivity index (χ0) is 28.9. The first-order valence-corrected chi connectivity index (χ1v) is 13.5. The molecule has 0 amide bonds. The summed E-state index contributed by atoms with van der Waals surface area (Å²) in [5.74, 6) is 0.400. The van der Waals surface area contributed by atoms with Gasteiger partial charge in [0.2, 0.25) is 11.6 Å². The molecule has 0 saturated carbocycles. The number of para-hydroxylation sites is 2. The summed E-state index contributed by atoms with van der Waals surface area (Å²) >= 11 is 0. The van der Waals surface area contributed by atoms with Crippen molar-refractivity contribution in [3.63, 3.8) is 0 Å². The molecule has 0 radical (unpaired) electrons. The summed E-state index contributed by atoms with van der Waals surface area (Å²) in [6.07, 6.45) is 2.97. The number of nitrogens with one attached hydrogen (secondary N) is 2. The van der Waals surface area contributed by atoms with Gasteiger partial charge in [0, 0.05) is 18.0 Å². The van der Waals surface area contributed by atoms with Gasteiger partial charge >= 0.3 is 29.6 Å². The number of hydrogen-bond acceptors (Lipinski definition) is 11. The van der Waals surface area contributed by atoms with E-state index in [1.807, 2.05) is 13.8 Å². The molecule has 0 spiro atoms. The fourth-order valence-corrected chi connectivity index (χ4v) is 4.48. The molecule has 12 nitrogen and oxygen atoms in total. The van der Waals surface area contributed by atoms with Gasteiger partial charge in [0.15, 0.2) is 28.2 Å². The Kier molecular flexibility index (Phi) is 10.6. The van der Waals surface area contributed by atoms with Crippen LogP contribution in [0.2, 0.25) is 0 Å². The summed E-state index contributed by atoms with van der Waals surface area (Å²) in [6, 6.07) is 13.1. The SMILES string of the molecule is COC(=N)c1cc(-c2nc(NS(=O)(=O)c3ccc(C(C)C)cn3)c(Oc3ccccc3OC)c(OC)n2)ccn1.[NaH]. The number of sulfonamides is 1. The molecule has 4 aromatic rings. The number of benzene rings is 1. The Morgan fingerprint density at radius 1 is 0.951 bits per heavy atom. The third-order valence-corrected chi connectivity index (χ3v) is 6.95. The number of pyridine rings is 2. The number of anilines is 1. The molecule has 41 heavy (non-hydrogen) atoms. The van der Waals surface area contributed by atoms with Crippen LogP contribution in [0.5, 0.6) is 23.1 Å². The molecular formula is C27H29N6NaO6S. The second-order valence-electron chi connectivity index (χ2n) is 8.64. The van der Waals surface area contributed by atoms with Gasteiger partial charge in [-0.3, -0.25) is 15.1 Å². The topological polar surface area (TPSA) is 158 Å². The van der Waals surface area contributed by atoms with Crippen LogP contribution in [0.1, 0.15) is 31.0 Å². The van der Waals surface area contributed by atoms with Crippen molar-refractivity contribution in [2.24, 2.45) is 0 Å². The third kappa shape index (κ3) is 7.30. The maximum absolute atomic E-state index is 13.4. The van der Waals surface area contributed by atoms with Crippen LogP contribution in [-0.4, -0.2) is 85.1 Å². The minimum atomic E-state index is -4.22. The molecule has 0 aliphatic carbocycles. The summed E-state index contributed by atoms with van der Waals surface area (Å²) in [5, 5.41) is 7.72. The van der Waals surface area contributed by atoms with Gasteiger partial charge in [-0.05, 0) is 41.8 Å². The minimum absolute atomic E-state index is 0. The molecule has 3 aromatic heterocycles.